The highest BCUT2D eigenvalue weighted by molar-refractivity contribution is 8.18. The van der Waals surface area contributed by atoms with E-state index >= 15 is 0 Å². The Morgan fingerprint density at radius 1 is 0.892 bits per heavy atom. The van der Waals surface area contributed by atoms with E-state index in [0.717, 1.165) is 33.7 Å². The lowest BCUT2D eigenvalue weighted by Gasteiger charge is -2.13. The van der Waals surface area contributed by atoms with Crippen molar-refractivity contribution < 1.29 is 19.1 Å². The molecule has 0 unspecified atom stereocenters. The Hall–Kier alpha value is -3.45. The number of nitrogens with zero attached hydrogens (tertiary/aromatic N) is 1. The molecule has 8 heteroatoms. The van der Waals surface area contributed by atoms with E-state index in [9.17, 15) is 9.59 Å². The second-order valence-corrected chi connectivity index (χ2v) is 10.2. The predicted molar refractivity (Wildman–Crippen MR) is 149 cm³/mol. The molecule has 0 atom stereocenters. The molecule has 0 spiro atoms. The molecule has 0 bridgehead atoms. The minimum atomic E-state index is -0.320. The summed E-state index contributed by atoms with van der Waals surface area (Å²) in [6.07, 6.45) is 1.69. The molecule has 1 aliphatic rings. The molecule has 1 heterocycles. The number of hydrogen-bond donors (Lipinski definition) is 0. The number of ether oxygens (including phenoxy) is 2. The average molecular weight is 550 g/mol. The Bertz CT molecular complexity index is 1550. The van der Waals surface area contributed by atoms with Crippen LogP contribution in [0.4, 0.5) is 4.79 Å². The number of benzene rings is 4. The number of fused-ring (bicyclic) bond motifs is 1. The summed E-state index contributed by atoms with van der Waals surface area (Å²) in [6, 6.07) is 24.5. The van der Waals surface area contributed by atoms with E-state index in [2.05, 4.69) is 0 Å². The van der Waals surface area contributed by atoms with Crippen LogP contribution >= 0.6 is 35.0 Å². The molecule has 0 aliphatic carbocycles. The Labute approximate surface area is 228 Å². The Kier molecular flexibility index (Phi) is 7.42. The van der Waals surface area contributed by atoms with Gasteiger partial charge in [-0.25, -0.2) is 0 Å². The van der Waals surface area contributed by atoms with Crippen LogP contribution < -0.4 is 9.47 Å². The van der Waals surface area contributed by atoms with E-state index < -0.39 is 0 Å². The van der Waals surface area contributed by atoms with Crippen LogP contribution in [0.15, 0.2) is 83.8 Å². The number of imide groups is 1. The van der Waals surface area contributed by atoms with Gasteiger partial charge in [0.1, 0.15) is 6.61 Å². The van der Waals surface area contributed by atoms with Crippen LogP contribution in [-0.2, 0) is 17.9 Å². The van der Waals surface area contributed by atoms with Gasteiger partial charge in [-0.05, 0) is 70.1 Å². The maximum atomic E-state index is 13.1. The smallest absolute Gasteiger partial charge is 0.293 e. The topological polar surface area (TPSA) is 55.8 Å². The highest BCUT2D eigenvalue weighted by Crippen LogP contribution is 2.36. The SMILES string of the molecule is COc1cc(/C=C2/SC(=O)N(Cc3ccc4ccccc4c3)C2=O)ccc1OCc1ccc(Cl)cc1Cl. The van der Waals surface area contributed by atoms with Gasteiger partial charge < -0.3 is 9.47 Å². The molecule has 2 amide bonds. The van der Waals surface area contributed by atoms with Crippen LogP contribution in [0.3, 0.4) is 0 Å². The lowest BCUT2D eigenvalue weighted by Crippen LogP contribution is -2.27. The predicted octanol–water partition coefficient (Wildman–Crippen LogP) is 7.97. The van der Waals surface area contributed by atoms with Crippen molar-refractivity contribution in [2.45, 2.75) is 13.2 Å². The lowest BCUT2D eigenvalue weighted by molar-refractivity contribution is -0.123. The molecule has 186 valence electrons. The van der Waals surface area contributed by atoms with E-state index in [1.165, 1.54) is 4.90 Å². The van der Waals surface area contributed by atoms with Crippen LogP contribution in [0.1, 0.15) is 16.7 Å². The van der Waals surface area contributed by atoms with Gasteiger partial charge in [0, 0.05) is 15.6 Å². The molecule has 5 nitrogen and oxygen atoms in total. The van der Waals surface area contributed by atoms with E-state index in [0.29, 0.717) is 32.0 Å². The molecule has 4 aromatic rings. The molecule has 1 fully saturated rings. The first-order chi connectivity index (χ1) is 17.9. The van der Waals surface area contributed by atoms with Gasteiger partial charge in [0.15, 0.2) is 11.5 Å². The minimum absolute atomic E-state index is 0.218. The molecule has 0 radical (unpaired) electrons. The van der Waals surface area contributed by atoms with Gasteiger partial charge in [0.05, 0.1) is 18.6 Å². The van der Waals surface area contributed by atoms with E-state index in [1.54, 1.807) is 49.6 Å². The summed E-state index contributed by atoms with van der Waals surface area (Å²) >= 11 is 13.1. The summed E-state index contributed by atoms with van der Waals surface area (Å²) in [6.45, 7) is 0.454. The Morgan fingerprint density at radius 2 is 1.70 bits per heavy atom. The maximum absolute atomic E-state index is 13.1. The maximum Gasteiger partial charge on any atom is 0.293 e. The monoisotopic (exact) mass is 549 g/mol. The summed E-state index contributed by atoms with van der Waals surface area (Å²) in [4.78, 5) is 27.4. The van der Waals surface area contributed by atoms with Gasteiger partial charge in [-0.3, -0.25) is 14.5 Å². The molecule has 1 saturated heterocycles. The standard InChI is InChI=1S/C29H21Cl2NO4S/c1-35-26-13-18(7-11-25(26)36-17-22-9-10-23(30)15-24(22)31)14-27-28(33)32(29(34)37-27)16-19-6-8-20-4-2-3-5-21(20)12-19/h2-15H,16-17H2,1H3/b27-14+. The molecule has 37 heavy (non-hydrogen) atoms. The molecule has 0 aromatic heterocycles. The molecule has 0 N–H and O–H groups in total. The highest BCUT2D eigenvalue weighted by Gasteiger charge is 2.35. The van der Waals surface area contributed by atoms with Crippen LogP contribution in [0.25, 0.3) is 16.8 Å². The highest BCUT2D eigenvalue weighted by atomic mass is 35.5. The number of rotatable bonds is 7. The fraction of sp³-hybridized carbons (Fsp3) is 0.103. The van der Waals surface area contributed by atoms with Crippen molar-refractivity contribution in [3.05, 3.63) is 111 Å². The van der Waals surface area contributed by atoms with Gasteiger partial charge in [0.25, 0.3) is 11.1 Å². The largest absolute Gasteiger partial charge is 0.493 e. The number of hydrogen-bond acceptors (Lipinski definition) is 5. The first kappa shape index (κ1) is 25.2. The summed E-state index contributed by atoms with van der Waals surface area (Å²) in [5.74, 6) is 0.698. The summed E-state index contributed by atoms with van der Waals surface area (Å²) in [7, 11) is 1.54. The number of amides is 2. The zero-order chi connectivity index (χ0) is 25.9. The van der Waals surface area contributed by atoms with Crippen LogP contribution in [-0.4, -0.2) is 23.2 Å². The number of halogens is 2. The molecule has 5 rings (SSSR count). The lowest BCUT2D eigenvalue weighted by atomic mass is 10.1. The second kappa shape index (κ2) is 10.9. The fourth-order valence-electron chi connectivity index (χ4n) is 3.99. The number of carbonyl (C=O) groups is 2. The summed E-state index contributed by atoms with van der Waals surface area (Å²) in [5, 5.41) is 2.95. The molecule has 0 saturated carbocycles. The third-order valence-electron chi connectivity index (χ3n) is 5.91. The van der Waals surface area contributed by atoms with E-state index in [4.69, 9.17) is 32.7 Å². The van der Waals surface area contributed by atoms with Crippen molar-refractivity contribution in [2.24, 2.45) is 0 Å². The third-order valence-corrected chi connectivity index (χ3v) is 7.41. The number of methoxy groups -OCH3 is 1. The number of carbonyl (C=O) groups excluding carboxylic acids is 2. The zero-order valence-corrected chi connectivity index (χ0v) is 22.1. The van der Waals surface area contributed by atoms with Crippen molar-refractivity contribution in [1.82, 2.24) is 4.90 Å². The molecular weight excluding hydrogens is 529 g/mol. The number of thioether (sulfide) groups is 1. The second-order valence-electron chi connectivity index (χ2n) is 8.38. The van der Waals surface area contributed by atoms with Crippen molar-refractivity contribution in [1.29, 1.82) is 0 Å². The molecule has 1 aliphatic heterocycles. The Morgan fingerprint density at radius 3 is 2.49 bits per heavy atom. The average Bonchev–Trinajstić information content (AvgIpc) is 3.15. The van der Waals surface area contributed by atoms with E-state index in [1.807, 2.05) is 42.5 Å². The van der Waals surface area contributed by atoms with Crippen molar-refractivity contribution in [3.63, 3.8) is 0 Å². The van der Waals surface area contributed by atoms with Crippen molar-refractivity contribution in [2.75, 3.05) is 7.11 Å². The fourth-order valence-corrected chi connectivity index (χ4v) is 5.30. The van der Waals surface area contributed by atoms with Gasteiger partial charge in [0.2, 0.25) is 0 Å². The van der Waals surface area contributed by atoms with Gasteiger partial charge in [-0.15, -0.1) is 0 Å². The normalized spacial score (nSPS) is 14.6. The van der Waals surface area contributed by atoms with Crippen LogP contribution in [0.2, 0.25) is 10.0 Å². The quantitative estimate of drug-likeness (QED) is 0.219. The van der Waals surface area contributed by atoms with Gasteiger partial charge in [-0.1, -0.05) is 71.7 Å². The molecular formula is C29H21Cl2NO4S. The van der Waals surface area contributed by atoms with Gasteiger partial charge >= 0.3 is 0 Å². The summed E-state index contributed by atoms with van der Waals surface area (Å²) < 4.78 is 11.4. The van der Waals surface area contributed by atoms with Crippen molar-refractivity contribution >= 4 is 63.0 Å². The first-order valence-electron chi connectivity index (χ1n) is 11.4. The van der Waals surface area contributed by atoms with E-state index in [-0.39, 0.29) is 24.3 Å². The third kappa shape index (κ3) is 5.62. The van der Waals surface area contributed by atoms with Crippen LogP contribution in [0, 0.1) is 0 Å². The van der Waals surface area contributed by atoms with Gasteiger partial charge in [-0.2, -0.15) is 0 Å². The zero-order valence-electron chi connectivity index (χ0n) is 19.7. The Balaban J connectivity index is 1.31. The van der Waals surface area contributed by atoms with Crippen LogP contribution in [0.5, 0.6) is 11.5 Å². The summed E-state index contributed by atoms with van der Waals surface area (Å²) in [5.41, 5.74) is 2.40. The molecule has 4 aromatic carbocycles. The van der Waals surface area contributed by atoms with Crippen molar-refractivity contribution in [3.8, 4) is 11.5 Å². The first-order valence-corrected chi connectivity index (χ1v) is 13.0. The minimum Gasteiger partial charge on any atom is -0.493 e.